The Morgan fingerprint density at radius 1 is 1.21 bits per heavy atom. The van der Waals surface area contributed by atoms with Crippen LogP contribution in [0.15, 0.2) is 30.5 Å². The van der Waals surface area contributed by atoms with Gasteiger partial charge in [-0.3, -0.25) is 0 Å². The van der Waals surface area contributed by atoms with Crippen LogP contribution in [0.2, 0.25) is 10.2 Å². The highest BCUT2D eigenvalue weighted by Gasteiger charge is 2.05. The number of rotatable bonds is 1. The molecule has 0 radical (unpaired) electrons. The zero-order valence-electron chi connectivity index (χ0n) is 6.92. The third-order valence-electron chi connectivity index (χ3n) is 1.74. The van der Waals surface area contributed by atoms with Crippen molar-refractivity contribution in [1.82, 2.24) is 9.78 Å². The molecule has 0 saturated carbocycles. The predicted octanol–water partition coefficient (Wildman–Crippen LogP) is 3.32. The molecule has 0 atom stereocenters. The Hall–Kier alpha value is -1.06. The lowest BCUT2D eigenvalue weighted by molar-refractivity contribution is 0.626. The molecule has 1 heterocycles. The maximum atomic E-state index is 13.1. The van der Waals surface area contributed by atoms with Crippen LogP contribution in [0.3, 0.4) is 0 Å². The first kappa shape index (κ1) is 9.49. The molecule has 72 valence electrons. The first-order valence-electron chi connectivity index (χ1n) is 3.83. The monoisotopic (exact) mass is 230 g/mol. The molecule has 2 rings (SSSR count). The van der Waals surface area contributed by atoms with Gasteiger partial charge in [-0.25, -0.2) is 9.07 Å². The minimum absolute atomic E-state index is 0.0806. The van der Waals surface area contributed by atoms with Crippen LogP contribution in [0.1, 0.15) is 0 Å². The summed E-state index contributed by atoms with van der Waals surface area (Å²) in [6.45, 7) is 0. The Morgan fingerprint density at radius 2 is 2.00 bits per heavy atom. The molecule has 0 fully saturated rings. The first-order valence-corrected chi connectivity index (χ1v) is 4.59. The first-order chi connectivity index (χ1) is 6.68. The molecule has 2 aromatic rings. The van der Waals surface area contributed by atoms with Gasteiger partial charge in [0.15, 0.2) is 0 Å². The Morgan fingerprint density at radius 3 is 2.57 bits per heavy atom. The Balaban J connectivity index is 2.53. The lowest BCUT2D eigenvalue weighted by Gasteiger charge is -2.03. The number of benzene rings is 1. The molecule has 5 heteroatoms. The minimum Gasteiger partial charge on any atom is -0.222 e. The topological polar surface area (TPSA) is 17.8 Å². The third kappa shape index (κ3) is 1.61. The maximum absolute atomic E-state index is 13.1. The SMILES string of the molecule is Fc1cc(-n2nccc2Cl)ccc1Cl. The number of nitrogens with zero attached hydrogens (tertiary/aromatic N) is 2. The van der Waals surface area contributed by atoms with Gasteiger partial charge in [0.05, 0.1) is 16.9 Å². The summed E-state index contributed by atoms with van der Waals surface area (Å²) in [7, 11) is 0. The van der Waals surface area contributed by atoms with Gasteiger partial charge in [0, 0.05) is 6.07 Å². The fraction of sp³-hybridized carbons (Fsp3) is 0. The summed E-state index contributed by atoms with van der Waals surface area (Å²) in [5, 5.41) is 4.44. The van der Waals surface area contributed by atoms with E-state index in [0.717, 1.165) is 0 Å². The molecule has 0 aliphatic heterocycles. The van der Waals surface area contributed by atoms with Gasteiger partial charge in [-0.15, -0.1) is 0 Å². The third-order valence-corrected chi connectivity index (χ3v) is 2.34. The lowest BCUT2D eigenvalue weighted by atomic mass is 10.3. The standard InChI is InChI=1S/C9H5Cl2FN2/c10-7-2-1-6(5-8(7)12)14-9(11)3-4-13-14/h1-5H. The molecule has 2 nitrogen and oxygen atoms in total. The van der Waals surface area contributed by atoms with Crippen molar-refractivity contribution in [3.05, 3.63) is 46.5 Å². The molecule has 0 unspecified atom stereocenters. The second-order valence-electron chi connectivity index (χ2n) is 2.66. The molecular weight excluding hydrogens is 226 g/mol. The van der Waals surface area contributed by atoms with E-state index in [4.69, 9.17) is 23.2 Å². The maximum Gasteiger partial charge on any atom is 0.143 e. The van der Waals surface area contributed by atoms with Crippen molar-refractivity contribution in [2.24, 2.45) is 0 Å². The number of aromatic nitrogens is 2. The molecule has 0 amide bonds. The Bertz CT molecular complexity index is 468. The zero-order chi connectivity index (χ0) is 10.1. The molecular formula is C9H5Cl2FN2. The fourth-order valence-corrected chi connectivity index (χ4v) is 1.41. The van der Waals surface area contributed by atoms with Crippen LogP contribution < -0.4 is 0 Å². The van der Waals surface area contributed by atoms with Crippen LogP contribution in [-0.2, 0) is 0 Å². The van der Waals surface area contributed by atoms with Crippen molar-refractivity contribution >= 4 is 23.2 Å². The second-order valence-corrected chi connectivity index (χ2v) is 3.46. The molecule has 0 bridgehead atoms. The zero-order valence-corrected chi connectivity index (χ0v) is 8.43. The molecule has 0 aliphatic rings. The lowest BCUT2D eigenvalue weighted by Crippen LogP contribution is -1.96. The highest BCUT2D eigenvalue weighted by atomic mass is 35.5. The quantitative estimate of drug-likeness (QED) is 0.736. The number of hydrogen-bond acceptors (Lipinski definition) is 1. The van der Waals surface area contributed by atoms with Gasteiger partial charge >= 0.3 is 0 Å². The van der Waals surface area contributed by atoms with Crippen LogP contribution >= 0.6 is 23.2 Å². The van der Waals surface area contributed by atoms with Crippen molar-refractivity contribution in [3.63, 3.8) is 0 Å². The number of halogens is 3. The smallest absolute Gasteiger partial charge is 0.143 e. The van der Waals surface area contributed by atoms with Crippen LogP contribution in [-0.4, -0.2) is 9.78 Å². The second kappa shape index (κ2) is 3.59. The summed E-state index contributed by atoms with van der Waals surface area (Å²) < 4.78 is 14.5. The van der Waals surface area contributed by atoms with E-state index in [-0.39, 0.29) is 5.02 Å². The minimum atomic E-state index is -0.490. The summed E-state index contributed by atoms with van der Waals surface area (Å²) in [6.07, 6.45) is 1.54. The summed E-state index contributed by atoms with van der Waals surface area (Å²) in [5.41, 5.74) is 0.543. The van der Waals surface area contributed by atoms with Gasteiger partial charge in [0.25, 0.3) is 0 Å². The van der Waals surface area contributed by atoms with Crippen LogP contribution in [0.5, 0.6) is 0 Å². The number of hydrogen-bond donors (Lipinski definition) is 0. The molecule has 0 spiro atoms. The van der Waals surface area contributed by atoms with E-state index in [2.05, 4.69) is 5.10 Å². The van der Waals surface area contributed by atoms with Crippen molar-refractivity contribution < 1.29 is 4.39 Å². The highest BCUT2D eigenvalue weighted by Crippen LogP contribution is 2.20. The van der Waals surface area contributed by atoms with E-state index in [1.165, 1.54) is 23.0 Å². The molecule has 0 aliphatic carbocycles. The van der Waals surface area contributed by atoms with Gasteiger partial charge in [0.2, 0.25) is 0 Å². The van der Waals surface area contributed by atoms with E-state index in [9.17, 15) is 4.39 Å². The van der Waals surface area contributed by atoms with Crippen LogP contribution in [0.25, 0.3) is 5.69 Å². The van der Waals surface area contributed by atoms with Crippen molar-refractivity contribution in [2.45, 2.75) is 0 Å². The largest absolute Gasteiger partial charge is 0.222 e. The molecule has 14 heavy (non-hydrogen) atoms. The van der Waals surface area contributed by atoms with Crippen molar-refractivity contribution in [2.75, 3.05) is 0 Å². The molecule has 0 N–H and O–H groups in total. The Labute approximate surface area is 89.9 Å². The molecule has 1 aromatic heterocycles. The van der Waals surface area contributed by atoms with Crippen LogP contribution in [0, 0.1) is 5.82 Å². The van der Waals surface area contributed by atoms with E-state index in [0.29, 0.717) is 10.8 Å². The van der Waals surface area contributed by atoms with Gasteiger partial charge in [0.1, 0.15) is 11.0 Å². The molecule has 0 saturated heterocycles. The summed E-state index contributed by atoms with van der Waals surface area (Å²) in [4.78, 5) is 0. The normalized spacial score (nSPS) is 10.5. The van der Waals surface area contributed by atoms with Gasteiger partial charge in [-0.1, -0.05) is 23.2 Å². The van der Waals surface area contributed by atoms with E-state index < -0.39 is 5.82 Å². The Kier molecular flexibility index (Phi) is 2.44. The predicted molar refractivity (Wildman–Crippen MR) is 53.5 cm³/mol. The van der Waals surface area contributed by atoms with Gasteiger partial charge < -0.3 is 0 Å². The summed E-state index contributed by atoms with van der Waals surface area (Å²) in [6, 6.07) is 6.00. The van der Waals surface area contributed by atoms with E-state index in [1.807, 2.05) is 0 Å². The average molecular weight is 231 g/mol. The van der Waals surface area contributed by atoms with Crippen LogP contribution in [0.4, 0.5) is 4.39 Å². The van der Waals surface area contributed by atoms with Gasteiger partial charge in [-0.05, 0) is 18.2 Å². The fourth-order valence-electron chi connectivity index (χ4n) is 1.09. The van der Waals surface area contributed by atoms with Crippen molar-refractivity contribution in [1.29, 1.82) is 0 Å². The molecule has 1 aromatic carbocycles. The highest BCUT2D eigenvalue weighted by molar-refractivity contribution is 6.31. The summed E-state index contributed by atoms with van der Waals surface area (Å²) >= 11 is 11.4. The van der Waals surface area contributed by atoms with E-state index >= 15 is 0 Å². The average Bonchev–Trinajstić information content (AvgIpc) is 2.57. The van der Waals surface area contributed by atoms with Gasteiger partial charge in [-0.2, -0.15) is 5.10 Å². The summed E-state index contributed by atoms with van der Waals surface area (Å²) in [5.74, 6) is -0.490. The van der Waals surface area contributed by atoms with Crippen molar-refractivity contribution in [3.8, 4) is 5.69 Å². The van der Waals surface area contributed by atoms with E-state index in [1.54, 1.807) is 12.1 Å².